The van der Waals surface area contributed by atoms with E-state index >= 15 is 0 Å². The number of nitrogens with zero attached hydrogens (tertiary/aromatic N) is 1. The van der Waals surface area contributed by atoms with E-state index in [0.717, 1.165) is 32.2 Å². The molecule has 1 aliphatic carbocycles. The van der Waals surface area contributed by atoms with Gasteiger partial charge in [0.2, 0.25) is 0 Å². The van der Waals surface area contributed by atoms with Crippen molar-refractivity contribution in [3.63, 3.8) is 0 Å². The first-order valence-electron chi connectivity index (χ1n) is 6.56. The number of amides is 1. The summed E-state index contributed by atoms with van der Waals surface area (Å²) in [6.45, 7) is 6.37. The largest absolute Gasteiger partial charge is 0.444 e. The molecule has 0 aromatic rings. The van der Waals surface area contributed by atoms with Gasteiger partial charge in [-0.05, 0) is 46.5 Å². The maximum atomic E-state index is 12.0. The zero-order valence-corrected chi connectivity index (χ0v) is 11.0. The summed E-state index contributed by atoms with van der Waals surface area (Å²) in [4.78, 5) is 13.9. The van der Waals surface area contributed by atoms with E-state index in [2.05, 4.69) is 0 Å². The lowest BCUT2D eigenvalue weighted by Gasteiger charge is -2.35. The molecule has 0 radical (unpaired) electrons. The lowest BCUT2D eigenvalue weighted by Crippen LogP contribution is -2.45. The van der Waals surface area contributed by atoms with Gasteiger partial charge >= 0.3 is 6.09 Å². The van der Waals surface area contributed by atoms with Crippen molar-refractivity contribution in [1.29, 1.82) is 0 Å². The molecule has 1 saturated carbocycles. The molecule has 98 valence electrons. The number of carbonyl (C=O) groups is 1. The minimum absolute atomic E-state index is 0.189. The zero-order chi connectivity index (χ0) is 12.6. The second-order valence-corrected chi connectivity index (χ2v) is 6.19. The van der Waals surface area contributed by atoms with Gasteiger partial charge in [0.25, 0.3) is 0 Å². The number of hydrogen-bond donors (Lipinski definition) is 1. The molecule has 2 aliphatic rings. The molecule has 1 saturated heterocycles. The Labute approximate surface area is 103 Å². The highest BCUT2D eigenvalue weighted by Crippen LogP contribution is 2.37. The lowest BCUT2D eigenvalue weighted by atomic mass is 9.83. The standard InChI is InChI=1S/C13H23NO3/c1-13(2,3)17-12(16)14-8-7-9-10(14)5-4-6-11(9)15/h9-11,15H,4-8H2,1-3H3/t9-,10+,11+/m1/s1. The van der Waals surface area contributed by atoms with Crippen LogP contribution in [0.15, 0.2) is 0 Å². The van der Waals surface area contributed by atoms with Crippen molar-refractivity contribution in [1.82, 2.24) is 4.90 Å². The molecule has 17 heavy (non-hydrogen) atoms. The molecular weight excluding hydrogens is 218 g/mol. The van der Waals surface area contributed by atoms with Gasteiger partial charge in [-0.15, -0.1) is 0 Å². The molecule has 1 heterocycles. The van der Waals surface area contributed by atoms with E-state index in [1.165, 1.54) is 0 Å². The second kappa shape index (κ2) is 4.48. The topological polar surface area (TPSA) is 49.8 Å². The van der Waals surface area contributed by atoms with Gasteiger partial charge in [0.1, 0.15) is 5.60 Å². The monoisotopic (exact) mass is 241 g/mol. The van der Waals surface area contributed by atoms with Crippen molar-refractivity contribution in [2.45, 2.75) is 64.2 Å². The van der Waals surface area contributed by atoms with Crippen LogP contribution in [0.1, 0.15) is 46.5 Å². The first kappa shape index (κ1) is 12.7. The highest BCUT2D eigenvalue weighted by molar-refractivity contribution is 5.69. The van der Waals surface area contributed by atoms with E-state index in [0.29, 0.717) is 0 Å². The van der Waals surface area contributed by atoms with E-state index in [4.69, 9.17) is 4.74 Å². The number of aliphatic hydroxyl groups excluding tert-OH is 1. The summed E-state index contributed by atoms with van der Waals surface area (Å²) in [6, 6.07) is 0.189. The molecule has 3 atom stereocenters. The lowest BCUT2D eigenvalue weighted by molar-refractivity contribution is 0.00481. The molecule has 0 aromatic carbocycles. The van der Waals surface area contributed by atoms with Crippen LogP contribution in [0.2, 0.25) is 0 Å². The van der Waals surface area contributed by atoms with Gasteiger partial charge in [-0.3, -0.25) is 0 Å². The van der Waals surface area contributed by atoms with Crippen molar-refractivity contribution >= 4 is 6.09 Å². The first-order valence-corrected chi connectivity index (χ1v) is 6.56. The number of likely N-dealkylation sites (tertiary alicyclic amines) is 1. The van der Waals surface area contributed by atoms with Gasteiger partial charge in [0.15, 0.2) is 0 Å². The van der Waals surface area contributed by atoms with E-state index in [9.17, 15) is 9.90 Å². The fourth-order valence-electron chi connectivity index (χ4n) is 2.99. The Balaban J connectivity index is 2.01. The van der Waals surface area contributed by atoms with Crippen LogP contribution < -0.4 is 0 Å². The van der Waals surface area contributed by atoms with E-state index in [1.54, 1.807) is 0 Å². The van der Waals surface area contributed by atoms with E-state index in [-0.39, 0.29) is 24.2 Å². The van der Waals surface area contributed by atoms with Crippen molar-refractivity contribution in [3.05, 3.63) is 0 Å². The Kier molecular flexibility index (Phi) is 3.34. The van der Waals surface area contributed by atoms with Crippen LogP contribution in [0.5, 0.6) is 0 Å². The third-order valence-electron chi connectivity index (χ3n) is 3.72. The van der Waals surface area contributed by atoms with Gasteiger partial charge in [-0.2, -0.15) is 0 Å². The Morgan fingerprint density at radius 1 is 1.29 bits per heavy atom. The molecule has 1 amide bonds. The summed E-state index contributed by atoms with van der Waals surface area (Å²) in [5.41, 5.74) is -0.442. The molecule has 0 bridgehead atoms. The van der Waals surface area contributed by atoms with Gasteiger partial charge in [-0.25, -0.2) is 4.79 Å². The molecule has 1 N–H and O–H groups in total. The minimum Gasteiger partial charge on any atom is -0.444 e. The molecule has 0 spiro atoms. The molecule has 0 unspecified atom stereocenters. The first-order chi connectivity index (χ1) is 7.88. The van der Waals surface area contributed by atoms with Gasteiger partial charge in [0.05, 0.1) is 6.10 Å². The summed E-state index contributed by atoms with van der Waals surface area (Å²) in [5, 5.41) is 9.93. The molecule has 4 heteroatoms. The van der Waals surface area contributed by atoms with Gasteiger partial charge in [-0.1, -0.05) is 0 Å². The smallest absolute Gasteiger partial charge is 0.410 e. The predicted molar refractivity (Wildman–Crippen MR) is 64.7 cm³/mol. The maximum absolute atomic E-state index is 12.0. The number of aliphatic hydroxyl groups is 1. The Bertz CT molecular complexity index is 298. The number of carbonyl (C=O) groups excluding carboxylic acids is 1. The van der Waals surface area contributed by atoms with Crippen LogP contribution in [-0.2, 0) is 4.74 Å². The number of ether oxygens (including phenoxy) is 1. The summed E-state index contributed by atoms with van der Waals surface area (Å²) < 4.78 is 5.41. The third kappa shape index (κ3) is 2.73. The van der Waals surface area contributed by atoms with Crippen LogP contribution in [-0.4, -0.2) is 40.4 Å². The van der Waals surface area contributed by atoms with Crippen LogP contribution in [0.25, 0.3) is 0 Å². The Hall–Kier alpha value is -0.770. The number of fused-ring (bicyclic) bond motifs is 1. The maximum Gasteiger partial charge on any atom is 0.410 e. The number of rotatable bonds is 0. The fourth-order valence-corrected chi connectivity index (χ4v) is 2.99. The fraction of sp³-hybridized carbons (Fsp3) is 0.923. The van der Waals surface area contributed by atoms with Crippen LogP contribution in [0.3, 0.4) is 0 Å². The van der Waals surface area contributed by atoms with Crippen LogP contribution >= 0.6 is 0 Å². The normalized spacial score (nSPS) is 33.4. The van der Waals surface area contributed by atoms with Crippen LogP contribution in [0.4, 0.5) is 4.79 Å². The average Bonchev–Trinajstić information content (AvgIpc) is 2.60. The predicted octanol–water partition coefficient (Wildman–Crippen LogP) is 2.16. The Morgan fingerprint density at radius 2 is 2.00 bits per heavy atom. The van der Waals surface area contributed by atoms with Gasteiger partial charge < -0.3 is 14.7 Å². The minimum atomic E-state index is -0.442. The Morgan fingerprint density at radius 3 is 2.65 bits per heavy atom. The molecule has 0 aromatic heterocycles. The zero-order valence-electron chi connectivity index (χ0n) is 11.0. The average molecular weight is 241 g/mol. The SMILES string of the molecule is CC(C)(C)OC(=O)N1CC[C@H]2[C@@H](O)CCC[C@@H]21. The summed E-state index contributed by atoms with van der Waals surface area (Å²) in [6.07, 6.45) is 3.33. The van der Waals surface area contributed by atoms with E-state index in [1.807, 2.05) is 25.7 Å². The van der Waals surface area contributed by atoms with Crippen molar-refractivity contribution in [2.75, 3.05) is 6.54 Å². The molecule has 2 rings (SSSR count). The summed E-state index contributed by atoms with van der Waals surface area (Å²) >= 11 is 0. The van der Waals surface area contributed by atoms with Crippen molar-refractivity contribution < 1.29 is 14.6 Å². The molecule has 1 aliphatic heterocycles. The summed E-state index contributed by atoms with van der Waals surface area (Å²) in [5.74, 6) is 0.260. The highest BCUT2D eigenvalue weighted by Gasteiger charge is 2.43. The quantitative estimate of drug-likeness (QED) is 0.707. The highest BCUT2D eigenvalue weighted by atomic mass is 16.6. The molecule has 2 fully saturated rings. The van der Waals surface area contributed by atoms with E-state index < -0.39 is 5.60 Å². The molecule has 4 nitrogen and oxygen atoms in total. The third-order valence-corrected chi connectivity index (χ3v) is 3.72. The van der Waals surface area contributed by atoms with Crippen LogP contribution in [0, 0.1) is 5.92 Å². The van der Waals surface area contributed by atoms with Crippen molar-refractivity contribution in [2.24, 2.45) is 5.92 Å². The number of hydrogen-bond acceptors (Lipinski definition) is 3. The second-order valence-electron chi connectivity index (χ2n) is 6.19. The molecular formula is C13H23NO3. The van der Waals surface area contributed by atoms with Gasteiger partial charge in [0, 0.05) is 18.5 Å². The van der Waals surface area contributed by atoms with Crippen molar-refractivity contribution in [3.8, 4) is 0 Å². The summed E-state index contributed by atoms with van der Waals surface area (Å²) in [7, 11) is 0.